The van der Waals surface area contributed by atoms with E-state index in [0.717, 1.165) is 49.4 Å². The maximum absolute atomic E-state index is 10.9. The summed E-state index contributed by atoms with van der Waals surface area (Å²) in [6, 6.07) is 10.1. The number of aromatic nitrogens is 1. The zero-order valence-electron chi connectivity index (χ0n) is 13.8. The number of ether oxygens (including phenoxy) is 1. The van der Waals surface area contributed by atoms with E-state index in [2.05, 4.69) is 35.0 Å². The Morgan fingerprint density at radius 1 is 1.22 bits per heavy atom. The average Bonchev–Trinajstić information content (AvgIpc) is 2.58. The number of benzene rings is 1. The van der Waals surface area contributed by atoms with E-state index in [1.54, 1.807) is 19.5 Å². The molecular formula is C19H24N2O2. The van der Waals surface area contributed by atoms with Crippen LogP contribution in [0.2, 0.25) is 0 Å². The monoisotopic (exact) mass is 312 g/mol. The van der Waals surface area contributed by atoms with E-state index in [9.17, 15) is 5.11 Å². The smallest absolute Gasteiger partial charge is 0.126 e. The third-order valence-corrected chi connectivity index (χ3v) is 4.77. The first-order valence-electron chi connectivity index (χ1n) is 8.10. The number of likely N-dealkylation sites (tertiary alicyclic amines) is 1. The molecule has 0 bridgehead atoms. The predicted octanol–water partition coefficient (Wildman–Crippen LogP) is 2.88. The van der Waals surface area contributed by atoms with Crippen molar-refractivity contribution in [2.24, 2.45) is 0 Å². The topological polar surface area (TPSA) is 45.6 Å². The summed E-state index contributed by atoms with van der Waals surface area (Å²) in [5.41, 5.74) is 2.54. The summed E-state index contributed by atoms with van der Waals surface area (Å²) in [6.45, 7) is 4.65. The van der Waals surface area contributed by atoms with Gasteiger partial charge in [0.05, 0.1) is 12.7 Å². The second-order valence-electron chi connectivity index (χ2n) is 6.32. The molecule has 1 aromatic carbocycles. The van der Waals surface area contributed by atoms with Crippen LogP contribution in [0.1, 0.15) is 29.5 Å². The molecule has 2 aromatic rings. The molecule has 1 aliphatic rings. The Kier molecular flexibility index (Phi) is 4.64. The standard InChI is InChI=1S/C19H24N2O2/c1-15-5-3-6-16(18(15)23-2)14-21-11-8-19(22,9-12-21)17-7-4-10-20-13-17/h3-7,10,13,22H,8-9,11-12,14H2,1-2H3. The van der Waals surface area contributed by atoms with Crippen LogP contribution in [0.5, 0.6) is 5.75 Å². The highest BCUT2D eigenvalue weighted by atomic mass is 16.5. The largest absolute Gasteiger partial charge is 0.496 e. The molecule has 2 heterocycles. The van der Waals surface area contributed by atoms with Gasteiger partial charge < -0.3 is 9.84 Å². The highest BCUT2D eigenvalue weighted by Crippen LogP contribution is 2.33. The minimum Gasteiger partial charge on any atom is -0.496 e. The van der Waals surface area contributed by atoms with Crippen LogP contribution >= 0.6 is 0 Å². The fraction of sp³-hybridized carbons (Fsp3) is 0.421. The van der Waals surface area contributed by atoms with Crippen LogP contribution in [-0.2, 0) is 12.1 Å². The van der Waals surface area contributed by atoms with Gasteiger partial charge in [-0.25, -0.2) is 0 Å². The maximum Gasteiger partial charge on any atom is 0.126 e. The predicted molar refractivity (Wildman–Crippen MR) is 90.4 cm³/mol. The van der Waals surface area contributed by atoms with Crippen LogP contribution in [-0.4, -0.2) is 35.2 Å². The molecule has 0 amide bonds. The van der Waals surface area contributed by atoms with Gasteiger partial charge in [-0.2, -0.15) is 0 Å². The Labute approximate surface area is 137 Å². The van der Waals surface area contributed by atoms with Gasteiger partial charge in [0.15, 0.2) is 0 Å². The molecule has 1 N–H and O–H groups in total. The minimum atomic E-state index is -0.749. The summed E-state index contributed by atoms with van der Waals surface area (Å²) in [6.07, 6.45) is 4.98. The van der Waals surface area contributed by atoms with Crippen molar-refractivity contribution in [3.8, 4) is 5.75 Å². The summed E-state index contributed by atoms with van der Waals surface area (Å²) in [5, 5.41) is 10.9. The van der Waals surface area contributed by atoms with E-state index in [1.165, 1.54) is 5.56 Å². The number of methoxy groups -OCH3 is 1. The molecule has 1 fully saturated rings. The molecule has 3 rings (SSSR count). The summed E-state index contributed by atoms with van der Waals surface area (Å²) in [4.78, 5) is 6.51. The molecule has 1 saturated heterocycles. The first-order valence-corrected chi connectivity index (χ1v) is 8.10. The third kappa shape index (κ3) is 3.38. The molecule has 0 aliphatic carbocycles. The molecule has 0 unspecified atom stereocenters. The summed E-state index contributed by atoms with van der Waals surface area (Å²) in [7, 11) is 1.73. The van der Waals surface area contributed by atoms with Gasteiger partial charge in [0.25, 0.3) is 0 Å². The van der Waals surface area contributed by atoms with Crippen LogP contribution in [0.3, 0.4) is 0 Å². The molecular weight excluding hydrogens is 288 g/mol. The Morgan fingerprint density at radius 2 is 2.00 bits per heavy atom. The lowest BCUT2D eigenvalue weighted by atomic mass is 9.85. The van der Waals surface area contributed by atoms with E-state index < -0.39 is 5.60 Å². The van der Waals surface area contributed by atoms with Gasteiger partial charge in [0.1, 0.15) is 5.75 Å². The molecule has 4 heteroatoms. The first-order chi connectivity index (χ1) is 11.1. The molecule has 1 aromatic heterocycles. The number of aryl methyl sites for hydroxylation is 1. The maximum atomic E-state index is 10.9. The van der Waals surface area contributed by atoms with Gasteiger partial charge in [-0.05, 0) is 31.4 Å². The number of aliphatic hydroxyl groups is 1. The summed E-state index contributed by atoms with van der Waals surface area (Å²) in [5.74, 6) is 0.973. The number of rotatable bonds is 4. The van der Waals surface area contributed by atoms with Gasteiger partial charge in [-0.15, -0.1) is 0 Å². The van der Waals surface area contributed by atoms with Gasteiger partial charge in [-0.1, -0.05) is 24.3 Å². The second kappa shape index (κ2) is 6.69. The molecule has 0 saturated carbocycles. The van der Waals surface area contributed by atoms with E-state index in [-0.39, 0.29) is 0 Å². The summed E-state index contributed by atoms with van der Waals surface area (Å²) < 4.78 is 5.54. The Hall–Kier alpha value is -1.91. The zero-order chi connectivity index (χ0) is 16.3. The molecule has 1 aliphatic heterocycles. The Balaban J connectivity index is 1.67. The number of piperidine rings is 1. The van der Waals surface area contributed by atoms with Crippen molar-refractivity contribution in [1.29, 1.82) is 0 Å². The molecule has 23 heavy (non-hydrogen) atoms. The highest BCUT2D eigenvalue weighted by molar-refractivity contribution is 5.40. The van der Waals surface area contributed by atoms with Crippen molar-refractivity contribution in [1.82, 2.24) is 9.88 Å². The number of para-hydroxylation sites is 1. The molecule has 122 valence electrons. The van der Waals surface area contributed by atoms with Crippen molar-refractivity contribution in [3.63, 3.8) is 0 Å². The number of hydrogen-bond donors (Lipinski definition) is 1. The quantitative estimate of drug-likeness (QED) is 0.943. The van der Waals surface area contributed by atoms with Crippen molar-refractivity contribution >= 4 is 0 Å². The lowest BCUT2D eigenvalue weighted by Crippen LogP contribution is -2.42. The first kappa shape index (κ1) is 16.0. The summed E-state index contributed by atoms with van der Waals surface area (Å²) >= 11 is 0. The fourth-order valence-corrected chi connectivity index (χ4v) is 3.38. The minimum absolute atomic E-state index is 0.729. The van der Waals surface area contributed by atoms with Gasteiger partial charge in [-0.3, -0.25) is 9.88 Å². The SMILES string of the molecule is COc1c(C)cccc1CN1CCC(O)(c2cccnc2)CC1. The number of hydrogen-bond acceptors (Lipinski definition) is 4. The lowest BCUT2D eigenvalue weighted by molar-refractivity contribution is -0.0280. The van der Waals surface area contributed by atoms with Crippen molar-refractivity contribution < 1.29 is 9.84 Å². The number of nitrogens with zero attached hydrogens (tertiary/aromatic N) is 2. The molecule has 0 spiro atoms. The molecule has 4 nitrogen and oxygen atoms in total. The lowest BCUT2D eigenvalue weighted by Gasteiger charge is -2.38. The fourth-order valence-electron chi connectivity index (χ4n) is 3.38. The Morgan fingerprint density at radius 3 is 2.65 bits per heavy atom. The number of pyridine rings is 1. The van der Waals surface area contributed by atoms with Gasteiger partial charge >= 0.3 is 0 Å². The van der Waals surface area contributed by atoms with Crippen LogP contribution < -0.4 is 4.74 Å². The van der Waals surface area contributed by atoms with E-state index >= 15 is 0 Å². The van der Waals surface area contributed by atoms with Gasteiger partial charge in [0.2, 0.25) is 0 Å². The van der Waals surface area contributed by atoms with Crippen molar-refractivity contribution in [2.45, 2.75) is 31.9 Å². The van der Waals surface area contributed by atoms with Crippen LogP contribution in [0.4, 0.5) is 0 Å². The third-order valence-electron chi connectivity index (χ3n) is 4.77. The van der Waals surface area contributed by atoms with Crippen LogP contribution in [0.25, 0.3) is 0 Å². The molecule has 0 radical (unpaired) electrons. The van der Waals surface area contributed by atoms with E-state index in [1.807, 2.05) is 12.1 Å². The normalized spacial score (nSPS) is 17.9. The van der Waals surface area contributed by atoms with E-state index in [4.69, 9.17) is 4.74 Å². The zero-order valence-corrected chi connectivity index (χ0v) is 13.8. The second-order valence-corrected chi connectivity index (χ2v) is 6.32. The van der Waals surface area contributed by atoms with Crippen molar-refractivity contribution in [3.05, 3.63) is 59.4 Å². The van der Waals surface area contributed by atoms with Crippen molar-refractivity contribution in [2.75, 3.05) is 20.2 Å². The van der Waals surface area contributed by atoms with Gasteiger partial charge in [0, 0.05) is 43.2 Å². The van der Waals surface area contributed by atoms with Crippen LogP contribution in [0, 0.1) is 6.92 Å². The molecule has 0 atom stereocenters. The average molecular weight is 312 g/mol. The Bertz CT molecular complexity index is 650. The van der Waals surface area contributed by atoms with E-state index in [0.29, 0.717) is 0 Å². The van der Waals surface area contributed by atoms with Crippen LogP contribution in [0.15, 0.2) is 42.7 Å². The highest BCUT2D eigenvalue weighted by Gasteiger charge is 2.34.